The number of oxazole rings is 1. The number of ether oxygens (including phenoxy) is 1. The fourth-order valence-electron chi connectivity index (χ4n) is 6.01. The molecule has 0 unspecified atom stereocenters. The van der Waals surface area contributed by atoms with Gasteiger partial charge in [0.25, 0.3) is 0 Å². The largest absolute Gasteiger partial charge is 0.457 e. The first kappa shape index (κ1) is 36.6. The third-order valence-electron chi connectivity index (χ3n) is 9.23. The predicted octanol–water partition coefficient (Wildman–Crippen LogP) is 1.77. The van der Waals surface area contributed by atoms with Gasteiger partial charge in [-0.25, -0.2) is 9.78 Å². The van der Waals surface area contributed by atoms with Gasteiger partial charge in [0.2, 0.25) is 11.8 Å². The molecule has 12 nitrogen and oxygen atoms in total. The van der Waals surface area contributed by atoms with Gasteiger partial charge in [-0.1, -0.05) is 68.5 Å². The summed E-state index contributed by atoms with van der Waals surface area (Å²) in [6, 6.07) is 0. The van der Waals surface area contributed by atoms with Crippen LogP contribution in [0.4, 0.5) is 0 Å². The van der Waals surface area contributed by atoms with E-state index in [1.54, 1.807) is 64.3 Å². The van der Waals surface area contributed by atoms with Crippen LogP contribution in [-0.2, 0) is 25.5 Å². The Balaban J connectivity index is 1.47. The molecule has 7 atom stereocenters. The molecule has 5 N–H and O–H groups in total. The summed E-state index contributed by atoms with van der Waals surface area (Å²) in [6.07, 6.45) is 16.2. The number of fused-ring (bicyclic) bond motifs is 1. The van der Waals surface area contributed by atoms with Gasteiger partial charge in [-0.15, -0.1) is 0 Å². The number of aliphatic hydroxyl groups excluding tert-OH is 3. The Hall–Kier alpha value is -3.84. The molecule has 3 rings (SSSR count). The maximum absolute atomic E-state index is 12.8. The van der Waals surface area contributed by atoms with E-state index in [9.17, 15) is 34.8 Å². The van der Waals surface area contributed by atoms with Crippen molar-refractivity contribution < 1.29 is 44.0 Å². The number of likely N-dealkylation sites (N-methyl/N-ethyl adjacent to an activating group) is 1. The van der Waals surface area contributed by atoms with Crippen molar-refractivity contribution in [3.8, 4) is 0 Å². The number of likely N-dealkylation sites (tertiary alicyclic amines) is 1. The Morgan fingerprint density at radius 3 is 2.52 bits per heavy atom. The number of esters is 1. The number of carbonyl (C=O) groups is 3. The second kappa shape index (κ2) is 15.2. The predicted molar refractivity (Wildman–Crippen MR) is 170 cm³/mol. The Morgan fingerprint density at radius 1 is 1.17 bits per heavy atom. The standard InChI is InChI=1S/C34H47N3O9/c1-22(14-10-7-8-11-15-25-19-35-21-45-25)28(40)32(4,5)30(42)36-17-13-9-12-16-26(39)23(2)18-27-34(44)24(3)29(41)37(6)33(34,20-38)31(43)46-27/h7-14,16,19,21,23-24,26-28,38-40,44H,15,17-18,20H2,1-6H3,(H,36,42)/t23-,24-,26+,27+,28+,33-,34-/m1/s1. The average Bonchev–Trinajstić information content (AvgIpc) is 3.66. The molecule has 2 aliphatic rings. The smallest absolute Gasteiger partial charge is 0.338 e. The number of carbonyl (C=O) groups excluding carboxylic acids is 3. The zero-order chi connectivity index (χ0) is 34.3. The lowest BCUT2D eigenvalue weighted by Gasteiger charge is -2.37. The summed E-state index contributed by atoms with van der Waals surface area (Å²) in [5.41, 5.74) is -4.29. The Bertz CT molecular complexity index is 1380. The first-order chi connectivity index (χ1) is 21.7. The third-order valence-corrected chi connectivity index (χ3v) is 9.23. The normalized spacial score (nSPS) is 27.7. The maximum Gasteiger partial charge on any atom is 0.338 e. The molecular formula is C34H47N3O9. The molecule has 0 bridgehead atoms. The van der Waals surface area contributed by atoms with Crippen LogP contribution in [0.1, 0.15) is 46.8 Å². The number of nitrogens with one attached hydrogen (secondary N) is 1. The summed E-state index contributed by atoms with van der Waals surface area (Å²) in [5.74, 6) is -2.37. The summed E-state index contributed by atoms with van der Waals surface area (Å²) in [4.78, 5) is 43.1. The van der Waals surface area contributed by atoms with E-state index in [1.165, 1.54) is 26.4 Å². The molecule has 2 amide bonds. The molecule has 0 radical (unpaired) electrons. The first-order valence-corrected chi connectivity index (χ1v) is 15.3. The molecule has 2 fully saturated rings. The number of rotatable bonds is 15. The number of hydrogen-bond donors (Lipinski definition) is 5. The molecule has 0 saturated carbocycles. The van der Waals surface area contributed by atoms with Crippen LogP contribution in [0.5, 0.6) is 0 Å². The summed E-state index contributed by atoms with van der Waals surface area (Å²) < 4.78 is 10.6. The summed E-state index contributed by atoms with van der Waals surface area (Å²) >= 11 is 0. The van der Waals surface area contributed by atoms with Crippen molar-refractivity contribution >= 4 is 17.8 Å². The first-order valence-electron chi connectivity index (χ1n) is 15.3. The SMILES string of the molecule is CC(=CC=CC=CCc1cnco1)[C@H](O)C(C)(C)C(=O)NCC=CC=C[C@H](O)[C@H](C)C[C@@H]1OC(=O)[C@@]2(CO)N(C)C(=O)[C@@H](C)[C@@]12O. The van der Waals surface area contributed by atoms with Crippen molar-refractivity contribution in [1.82, 2.24) is 15.2 Å². The van der Waals surface area contributed by atoms with Crippen LogP contribution in [0, 0.1) is 17.3 Å². The van der Waals surface area contributed by atoms with E-state index < -0.39 is 65.2 Å². The van der Waals surface area contributed by atoms with Crippen LogP contribution < -0.4 is 5.32 Å². The van der Waals surface area contributed by atoms with Gasteiger partial charge < -0.3 is 39.8 Å². The number of allylic oxidation sites excluding steroid dienone is 7. The highest BCUT2D eigenvalue weighted by molar-refractivity contribution is 5.98. The lowest BCUT2D eigenvalue weighted by Crippen LogP contribution is -2.64. The van der Waals surface area contributed by atoms with Crippen molar-refractivity contribution in [2.75, 3.05) is 20.2 Å². The minimum atomic E-state index is -1.94. The molecule has 46 heavy (non-hydrogen) atoms. The van der Waals surface area contributed by atoms with E-state index in [0.29, 0.717) is 12.0 Å². The van der Waals surface area contributed by atoms with E-state index in [4.69, 9.17) is 9.15 Å². The quantitative estimate of drug-likeness (QED) is 0.140. The topological polar surface area (TPSA) is 183 Å². The lowest BCUT2D eigenvalue weighted by atomic mass is 9.72. The van der Waals surface area contributed by atoms with Gasteiger partial charge >= 0.3 is 5.97 Å². The highest BCUT2D eigenvalue weighted by atomic mass is 16.6. The maximum atomic E-state index is 12.8. The molecule has 0 aromatic carbocycles. The second-order valence-corrected chi connectivity index (χ2v) is 12.6. The van der Waals surface area contributed by atoms with Crippen LogP contribution in [0.25, 0.3) is 0 Å². The van der Waals surface area contributed by atoms with E-state index in [2.05, 4.69) is 10.3 Å². The second-order valence-electron chi connectivity index (χ2n) is 12.6. The minimum absolute atomic E-state index is 0.0577. The van der Waals surface area contributed by atoms with Gasteiger partial charge in [-0.3, -0.25) is 9.59 Å². The van der Waals surface area contributed by atoms with Crippen LogP contribution >= 0.6 is 0 Å². The van der Waals surface area contributed by atoms with Gasteiger partial charge in [-0.05, 0) is 38.7 Å². The van der Waals surface area contributed by atoms with Crippen LogP contribution in [-0.4, -0.2) is 97.7 Å². The van der Waals surface area contributed by atoms with Crippen LogP contribution in [0.2, 0.25) is 0 Å². The zero-order valence-corrected chi connectivity index (χ0v) is 27.3. The van der Waals surface area contributed by atoms with Crippen molar-refractivity contribution in [2.45, 2.75) is 76.9 Å². The fraction of sp³-hybridized carbons (Fsp3) is 0.529. The van der Waals surface area contributed by atoms with Crippen molar-refractivity contribution in [1.29, 1.82) is 0 Å². The van der Waals surface area contributed by atoms with E-state index >= 15 is 0 Å². The minimum Gasteiger partial charge on any atom is -0.457 e. The molecule has 2 aliphatic heterocycles. The summed E-state index contributed by atoms with van der Waals surface area (Å²) in [6.45, 7) is 7.71. The molecule has 0 spiro atoms. The molecule has 252 valence electrons. The zero-order valence-electron chi connectivity index (χ0n) is 27.3. The highest BCUT2D eigenvalue weighted by Crippen LogP contribution is 2.52. The average molecular weight is 642 g/mol. The number of amides is 2. The summed E-state index contributed by atoms with van der Waals surface area (Å²) in [7, 11) is 1.36. The van der Waals surface area contributed by atoms with E-state index in [-0.39, 0.29) is 18.9 Å². The molecule has 3 heterocycles. The number of aliphatic hydroxyl groups is 4. The Kier molecular flexibility index (Phi) is 12.1. The molecule has 1 aromatic rings. The number of nitrogens with zero attached hydrogens (tertiary/aromatic N) is 2. The number of hydrogen-bond acceptors (Lipinski definition) is 10. The Labute approximate surface area is 269 Å². The molecule has 0 aliphatic carbocycles. The monoisotopic (exact) mass is 641 g/mol. The van der Waals surface area contributed by atoms with Gasteiger partial charge in [0, 0.05) is 20.0 Å². The van der Waals surface area contributed by atoms with Gasteiger partial charge in [-0.2, -0.15) is 0 Å². The number of cyclic esters (lactones) is 1. The van der Waals surface area contributed by atoms with Crippen molar-refractivity contribution in [3.63, 3.8) is 0 Å². The summed E-state index contributed by atoms with van der Waals surface area (Å²) in [5, 5.41) is 45.9. The van der Waals surface area contributed by atoms with E-state index in [1.807, 2.05) is 18.2 Å². The van der Waals surface area contributed by atoms with Crippen molar-refractivity contribution in [3.05, 3.63) is 78.6 Å². The van der Waals surface area contributed by atoms with Crippen LogP contribution in [0.3, 0.4) is 0 Å². The van der Waals surface area contributed by atoms with Crippen LogP contribution in [0.15, 0.2) is 77.3 Å². The molecular weight excluding hydrogens is 594 g/mol. The lowest BCUT2D eigenvalue weighted by molar-refractivity contribution is -0.156. The number of aromatic nitrogens is 1. The Morgan fingerprint density at radius 2 is 1.87 bits per heavy atom. The van der Waals surface area contributed by atoms with Crippen molar-refractivity contribution in [2.24, 2.45) is 17.3 Å². The van der Waals surface area contributed by atoms with Gasteiger partial charge in [0.05, 0.1) is 36.3 Å². The molecule has 12 heteroatoms. The third kappa shape index (κ3) is 7.10. The fourth-order valence-corrected chi connectivity index (χ4v) is 6.01. The van der Waals surface area contributed by atoms with E-state index in [0.717, 1.165) is 10.7 Å². The van der Waals surface area contributed by atoms with Gasteiger partial charge in [0.1, 0.15) is 17.5 Å². The molecule has 2 saturated heterocycles. The highest BCUT2D eigenvalue weighted by Gasteiger charge is 2.77. The van der Waals surface area contributed by atoms with Gasteiger partial charge in [0.15, 0.2) is 11.9 Å². The molecule has 1 aromatic heterocycles.